The number of amides is 1. The monoisotopic (exact) mass is 282 g/mol. The van der Waals surface area contributed by atoms with Gasteiger partial charge in [0.15, 0.2) is 0 Å². The summed E-state index contributed by atoms with van der Waals surface area (Å²) in [4.78, 5) is 20.9. The second-order valence-electron chi connectivity index (χ2n) is 5.46. The molecule has 108 valence electrons. The normalized spacial score (nSPS) is 13.8. The van der Waals surface area contributed by atoms with Crippen molar-refractivity contribution in [1.29, 1.82) is 0 Å². The van der Waals surface area contributed by atoms with Crippen LogP contribution >= 0.6 is 0 Å². The van der Waals surface area contributed by atoms with E-state index in [1.54, 1.807) is 6.07 Å². The largest absolute Gasteiger partial charge is 0.351 e. The summed E-state index contributed by atoms with van der Waals surface area (Å²) in [6.07, 6.45) is 2.28. The number of aromatic nitrogens is 2. The molecular formula is C16H18N4O. The molecule has 1 aromatic carbocycles. The zero-order valence-electron chi connectivity index (χ0n) is 12.2. The highest BCUT2D eigenvalue weighted by molar-refractivity contribution is 6.03. The number of hydrogen-bond donors (Lipinski definition) is 2. The van der Waals surface area contributed by atoms with E-state index in [2.05, 4.69) is 20.6 Å². The summed E-state index contributed by atoms with van der Waals surface area (Å²) in [5.41, 5.74) is 3.08. The summed E-state index contributed by atoms with van der Waals surface area (Å²) in [6.45, 7) is 3.87. The lowest BCUT2D eigenvalue weighted by molar-refractivity contribution is 0.102. The maximum absolute atomic E-state index is 12.3. The Hall–Kier alpha value is -2.43. The SMILES string of the molecule is Cc1ccc(NC(=O)c2cc(C)nc(NC3CC3)n2)cc1. The molecule has 0 bridgehead atoms. The van der Waals surface area contributed by atoms with E-state index in [0.717, 1.165) is 29.8 Å². The van der Waals surface area contributed by atoms with Crippen LogP contribution in [0.1, 0.15) is 34.6 Å². The van der Waals surface area contributed by atoms with Gasteiger partial charge in [0.2, 0.25) is 5.95 Å². The van der Waals surface area contributed by atoms with Gasteiger partial charge in [-0.1, -0.05) is 17.7 Å². The molecule has 1 aliphatic carbocycles. The Bertz CT molecular complexity index is 662. The van der Waals surface area contributed by atoms with Crippen molar-refractivity contribution < 1.29 is 4.79 Å². The summed E-state index contributed by atoms with van der Waals surface area (Å²) in [6, 6.07) is 9.83. The molecule has 0 unspecified atom stereocenters. The molecule has 0 saturated heterocycles. The molecule has 1 heterocycles. The van der Waals surface area contributed by atoms with Gasteiger partial charge >= 0.3 is 0 Å². The van der Waals surface area contributed by atoms with Gasteiger partial charge in [0.1, 0.15) is 5.69 Å². The molecule has 5 nitrogen and oxygen atoms in total. The highest BCUT2D eigenvalue weighted by Gasteiger charge is 2.22. The number of nitrogens with one attached hydrogen (secondary N) is 2. The topological polar surface area (TPSA) is 66.9 Å². The lowest BCUT2D eigenvalue weighted by Crippen LogP contribution is -2.16. The van der Waals surface area contributed by atoms with Crippen LogP contribution in [-0.2, 0) is 0 Å². The molecule has 3 rings (SSSR count). The first-order valence-electron chi connectivity index (χ1n) is 7.10. The van der Waals surface area contributed by atoms with E-state index in [0.29, 0.717) is 17.7 Å². The number of hydrogen-bond acceptors (Lipinski definition) is 4. The molecule has 1 fully saturated rings. The maximum atomic E-state index is 12.3. The van der Waals surface area contributed by atoms with Crippen molar-refractivity contribution >= 4 is 17.5 Å². The lowest BCUT2D eigenvalue weighted by atomic mass is 10.2. The minimum absolute atomic E-state index is 0.219. The van der Waals surface area contributed by atoms with Crippen molar-refractivity contribution in [3.63, 3.8) is 0 Å². The van der Waals surface area contributed by atoms with Gasteiger partial charge in [-0.3, -0.25) is 4.79 Å². The van der Waals surface area contributed by atoms with E-state index >= 15 is 0 Å². The predicted octanol–water partition coefficient (Wildman–Crippen LogP) is 2.92. The number of aryl methyl sites for hydroxylation is 2. The second kappa shape index (κ2) is 5.52. The van der Waals surface area contributed by atoms with Crippen molar-refractivity contribution in [2.75, 3.05) is 10.6 Å². The summed E-state index contributed by atoms with van der Waals surface area (Å²) in [5, 5.41) is 6.07. The summed E-state index contributed by atoms with van der Waals surface area (Å²) in [7, 11) is 0. The molecule has 2 N–H and O–H groups in total. The number of carbonyl (C=O) groups excluding carboxylic acids is 1. The molecule has 1 saturated carbocycles. The minimum atomic E-state index is -0.219. The smallest absolute Gasteiger partial charge is 0.274 e. The van der Waals surface area contributed by atoms with Crippen LogP contribution in [0.2, 0.25) is 0 Å². The third kappa shape index (κ3) is 3.56. The van der Waals surface area contributed by atoms with Crippen LogP contribution in [0.4, 0.5) is 11.6 Å². The van der Waals surface area contributed by atoms with Gasteiger partial charge in [0, 0.05) is 17.4 Å². The molecule has 1 amide bonds. The quantitative estimate of drug-likeness (QED) is 0.904. The Morgan fingerprint density at radius 2 is 1.86 bits per heavy atom. The molecule has 21 heavy (non-hydrogen) atoms. The van der Waals surface area contributed by atoms with Crippen LogP contribution in [0.25, 0.3) is 0 Å². The van der Waals surface area contributed by atoms with E-state index in [1.165, 1.54) is 0 Å². The average molecular weight is 282 g/mol. The van der Waals surface area contributed by atoms with Gasteiger partial charge in [-0.15, -0.1) is 0 Å². The molecule has 1 aliphatic rings. The average Bonchev–Trinajstić information content (AvgIpc) is 3.24. The maximum Gasteiger partial charge on any atom is 0.274 e. The first kappa shape index (κ1) is 13.5. The highest BCUT2D eigenvalue weighted by Crippen LogP contribution is 2.23. The van der Waals surface area contributed by atoms with Gasteiger partial charge in [-0.05, 0) is 44.9 Å². The Morgan fingerprint density at radius 3 is 2.52 bits per heavy atom. The molecule has 1 aromatic heterocycles. The van der Waals surface area contributed by atoms with Crippen LogP contribution in [0.5, 0.6) is 0 Å². The fourth-order valence-electron chi connectivity index (χ4n) is 1.99. The van der Waals surface area contributed by atoms with Crippen LogP contribution < -0.4 is 10.6 Å². The van der Waals surface area contributed by atoms with Crippen molar-refractivity contribution in [3.8, 4) is 0 Å². The van der Waals surface area contributed by atoms with E-state index in [4.69, 9.17) is 0 Å². The van der Waals surface area contributed by atoms with Gasteiger partial charge in [-0.25, -0.2) is 9.97 Å². The van der Waals surface area contributed by atoms with Gasteiger partial charge in [0.25, 0.3) is 5.91 Å². The number of nitrogens with zero attached hydrogens (tertiary/aromatic N) is 2. The number of rotatable bonds is 4. The number of carbonyl (C=O) groups is 1. The fourth-order valence-corrected chi connectivity index (χ4v) is 1.99. The van der Waals surface area contributed by atoms with E-state index in [-0.39, 0.29) is 5.91 Å². The van der Waals surface area contributed by atoms with Crippen molar-refractivity contribution in [3.05, 3.63) is 47.3 Å². The van der Waals surface area contributed by atoms with Crippen molar-refractivity contribution in [2.24, 2.45) is 0 Å². The van der Waals surface area contributed by atoms with E-state index in [1.807, 2.05) is 38.1 Å². The first-order valence-corrected chi connectivity index (χ1v) is 7.10. The van der Waals surface area contributed by atoms with Crippen LogP contribution in [0.15, 0.2) is 30.3 Å². The Kier molecular flexibility index (Phi) is 3.56. The Morgan fingerprint density at radius 1 is 1.14 bits per heavy atom. The molecule has 0 atom stereocenters. The summed E-state index contributed by atoms with van der Waals surface area (Å²) >= 11 is 0. The zero-order chi connectivity index (χ0) is 14.8. The first-order chi connectivity index (χ1) is 10.1. The number of benzene rings is 1. The molecule has 0 radical (unpaired) electrons. The van der Waals surface area contributed by atoms with Gasteiger partial charge in [-0.2, -0.15) is 0 Å². The fraction of sp³-hybridized carbons (Fsp3) is 0.312. The molecule has 0 aliphatic heterocycles. The van der Waals surface area contributed by atoms with Gasteiger partial charge < -0.3 is 10.6 Å². The Balaban J connectivity index is 1.76. The van der Waals surface area contributed by atoms with Crippen molar-refractivity contribution in [1.82, 2.24) is 9.97 Å². The van der Waals surface area contributed by atoms with Gasteiger partial charge in [0.05, 0.1) is 0 Å². The van der Waals surface area contributed by atoms with E-state index in [9.17, 15) is 4.79 Å². The predicted molar refractivity (Wildman–Crippen MR) is 82.5 cm³/mol. The second-order valence-corrected chi connectivity index (χ2v) is 5.46. The summed E-state index contributed by atoms with van der Waals surface area (Å²) in [5.74, 6) is 0.315. The standard InChI is InChI=1S/C16H18N4O/c1-10-3-5-12(6-4-10)18-15(21)14-9-11(2)17-16(20-14)19-13-7-8-13/h3-6,9,13H,7-8H2,1-2H3,(H,18,21)(H,17,19,20). The number of anilines is 2. The molecular weight excluding hydrogens is 264 g/mol. The van der Waals surface area contributed by atoms with E-state index < -0.39 is 0 Å². The Labute approximate surface area is 123 Å². The molecule has 5 heteroatoms. The van der Waals surface area contributed by atoms with Crippen LogP contribution in [-0.4, -0.2) is 21.9 Å². The highest BCUT2D eigenvalue weighted by atomic mass is 16.1. The lowest BCUT2D eigenvalue weighted by Gasteiger charge is -2.08. The minimum Gasteiger partial charge on any atom is -0.351 e. The van der Waals surface area contributed by atoms with Crippen molar-refractivity contribution in [2.45, 2.75) is 32.7 Å². The zero-order valence-corrected chi connectivity index (χ0v) is 12.2. The van der Waals surface area contributed by atoms with Crippen LogP contribution in [0.3, 0.4) is 0 Å². The molecule has 0 spiro atoms. The summed E-state index contributed by atoms with van der Waals surface area (Å²) < 4.78 is 0. The molecule has 2 aromatic rings. The third-order valence-corrected chi connectivity index (χ3v) is 3.31. The third-order valence-electron chi connectivity index (χ3n) is 3.31. The van der Waals surface area contributed by atoms with Crippen LogP contribution in [0, 0.1) is 13.8 Å².